The lowest BCUT2D eigenvalue weighted by molar-refractivity contribution is -0.136. The summed E-state index contributed by atoms with van der Waals surface area (Å²) in [6.07, 6.45) is 2.62. The maximum absolute atomic E-state index is 13.5. The number of H-pyrrole nitrogens is 1. The number of carbonyl (C=O) groups excluding carboxylic acids is 2. The number of aromatic amines is 1. The quantitative estimate of drug-likeness (QED) is 0.480. The molecule has 37 heavy (non-hydrogen) atoms. The van der Waals surface area contributed by atoms with Gasteiger partial charge in [-0.3, -0.25) is 14.4 Å². The molecule has 3 aromatic rings. The van der Waals surface area contributed by atoms with Crippen LogP contribution in [0.2, 0.25) is 0 Å². The highest BCUT2D eigenvalue weighted by atomic mass is 16.2. The maximum atomic E-state index is 13.5. The molecule has 4 rings (SSSR count). The van der Waals surface area contributed by atoms with Gasteiger partial charge in [0.15, 0.2) is 0 Å². The third-order valence-electron chi connectivity index (χ3n) is 7.99. The Bertz CT molecular complexity index is 1360. The third kappa shape index (κ3) is 5.22. The lowest BCUT2D eigenvalue weighted by atomic mass is 9.89. The Hall–Kier alpha value is -3.35. The highest BCUT2D eigenvalue weighted by molar-refractivity contribution is 6.08. The van der Waals surface area contributed by atoms with Crippen molar-refractivity contribution in [3.8, 4) is 0 Å². The number of hydrogen-bond donors (Lipinski definition) is 2. The standard InChI is InChI=1S/C30H40N4O3/c1-7-22-16-19(4)32-28(35)25(22)17-31-29(36)27-21(6)34(26-11-9-8-10-24(26)27)20(5)23-12-14-33(15-13-23)30(37)18(2)3/h8-11,16,18,20,23H,7,12-15,17H2,1-6H3,(H,31,36)(H,32,35). The second-order valence-electron chi connectivity index (χ2n) is 10.7. The number of likely N-dealkylation sites (tertiary alicyclic amines) is 1. The van der Waals surface area contributed by atoms with Gasteiger partial charge in [-0.25, -0.2) is 0 Å². The SMILES string of the molecule is CCc1cc(C)[nH]c(=O)c1CNC(=O)c1c(C)n(C(C)C2CCN(C(=O)C(C)C)CC2)c2ccccc12. The van der Waals surface area contributed by atoms with Crippen molar-refractivity contribution < 1.29 is 9.59 Å². The molecule has 1 aromatic carbocycles. The van der Waals surface area contributed by atoms with Gasteiger partial charge in [-0.2, -0.15) is 0 Å². The summed E-state index contributed by atoms with van der Waals surface area (Å²) in [6, 6.07) is 10.2. The van der Waals surface area contributed by atoms with Crippen LogP contribution in [0.25, 0.3) is 10.9 Å². The number of aryl methyl sites for hydroxylation is 2. The fraction of sp³-hybridized carbons (Fsp3) is 0.500. The average molecular weight is 505 g/mol. The van der Waals surface area contributed by atoms with Crippen LogP contribution in [0.3, 0.4) is 0 Å². The normalized spacial score (nSPS) is 15.4. The lowest BCUT2D eigenvalue weighted by Gasteiger charge is -2.36. The summed E-state index contributed by atoms with van der Waals surface area (Å²) in [5.41, 5.74) is 4.88. The number of piperidine rings is 1. The molecule has 7 heteroatoms. The predicted octanol–water partition coefficient (Wildman–Crippen LogP) is 4.89. The summed E-state index contributed by atoms with van der Waals surface area (Å²) in [6.45, 7) is 13.8. The van der Waals surface area contributed by atoms with Crippen LogP contribution in [0, 0.1) is 25.7 Å². The molecule has 2 N–H and O–H groups in total. The van der Waals surface area contributed by atoms with Crippen molar-refractivity contribution in [2.24, 2.45) is 11.8 Å². The fourth-order valence-electron chi connectivity index (χ4n) is 5.93. The van der Waals surface area contributed by atoms with E-state index in [0.717, 1.165) is 60.2 Å². The van der Waals surface area contributed by atoms with Crippen molar-refractivity contribution in [1.29, 1.82) is 0 Å². The Balaban J connectivity index is 1.59. The number of aromatic nitrogens is 2. The fourth-order valence-corrected chi connectivity index (χ4v) is 5.93. The van der Waals surface area contributed by atoms with Crippen LogP contribution in [0.15, 0.2) is 35.1 Å². The molecule has 3 heterocycles. The zero-order valence-corrected chi connectivity index (χ0v) is 23.0. The van der Waals surface area contributed by atoms with Gasteiger partial charge in [0.2, 0.25) is 5.91 Å². The Labute approximate surface area is 219 Å². The monoisotopic (exact) mass is 504 g/mol. The van der Waals surface area contributed by atoms with E-state index in [9.17, 15) is 14.4 Å². The summed E-state index contributed by atoms with van der Waals surface area (Å²) >= 11 is 0. The summed E-state index contributed by atoms with van der Waals surface area (Å²) < 4.78 is 2.30. The van der Waals surface area contributed by atoms with E-state index in [1.807, 2.05) is 63.8 Å². The van der Waals surface area contributed by atoms with Crippen LogP contribution in [0.4, 0.5) is 0 Å². The zero-order valence-electron chi connectivity index (χ0n) is 23.0. The second-order valence-corrected chi connectivity index (χ2v) is 10.7. The molecule has 0 aliphatic carbocycles. The number of para-hydroxylation sites is 1. The van der Waals surface area contributed by atoms with Gasteiger partial charge in [0.1, 0.15) is 0 Å². The molecule has 1 atom stereocenters. The van der Waals surface area contributed by atoms with E-state index in [1.54, 1.807) is 0 Å². The summed E-state index contributed by atoms with van der Waals surface area (Å²) in [7, 11) is 0. The number of fused-ring (bicyclic) bond motifs is 1. The number of rotatable bonds is 7. The first kappa shape index (κ1) is 26.7. The van der Waals surface area contributed by atoms with Crippen LogP contribution < -0.4 is 10.9 Å². The number of nitrogens with one attached hydrogen (secondary N) is 2. The van der Waals surface area contributed by atoms with Gasteiger partial charge in [0, 0.05) is 59.4 Å². The Morgan fingerprint density at radius 1 is 1.11 bits per heavy atom. The molecule has 7 nitrogen and oxygen atoms in total. The van der Waals surface area contributed by atoms with E-state index < -0.39 is 0 Å². The number of pyridine rings is 1. The minimum atomic E-state index is -0.168. The van der Waals surface area contributed by atoms with Gasteiger partial charge >= 0.3 is 0 Å². The second kappa shape index (κ2) is 11.0. The van der Waals surface area contributed by atoms with Crippen LogP contribution in [-0.4, -0.2) is 39.4 Å². The van der Waals surface area contributed by atoms with Gasteiger partial charge in [-0.1, -0.05) is 39.0 Å². The van der Waals surface area contributed by atoms with Crippen molar-refractivity contribution in [2.75, 3.05) is 13.1 Å². The van der Waals surface area contributed by atoms with Crippen molar-refractivity contribution in [3.63, 3.8) is 0 Å². The smallest absolute Gasteiger partial charge is 0.254 e. The van der Waals surface area contributed by atoms with E-state index in [4.69, 9.17) is 0 Å². The Morgan fingerprint density at radius 3 is 2.43 bits per heavy atom. The van der Waals surface area contributed by atoms with E-state index in [0.29, 0.717) is 17.0 Å². The number of amides is 2. The van der Waals surface area contributed by atoms with Crippen LogP contribution >= 0.6 is 0 Å². The molecule has 1 unspecified atom stereocenters. The summed E-state index contributed by atoms with van der Waals surface area (Å²) in [5, 5.41) is 3.95. The summed E-state index contributed by atoms with van der Waals surface area (Å²) in [5.74, 6) is 0.500. The predicted molar refractivity (Wildman–Crippen MR) is 148 cm³/mol. The van der Waals surface area contributed by atoms with Gasteiger partial charge in [-0.15, -0.1) is 0 Å². The van der Waals surface area contributed by atoms with Gasteiger partial charge in [-0.05, 0) is 63.6 Å². The van der Waals surface area contributed by atoms with E-state index in [2.05, 4.69) is 27.9 Å². The molecule has 2 aromatic heterocycles. The molecule has 0 bridgehead atoms. The minimum Gasteiger partial charge on any atom is -0.348 e. The third-order valence-corrected chi connectivity index (χ3v) is 7.99. The van der Waals surface area contributed by atoms with Gasteiger partial charge < -0.3 is 19.8 Å². The summed E-state index contributed by atoms with van der Waals surface area (Å²) in [4.78, 5) is 43.4. The molecular formula is C30H40N4O3. The molecule has 0 spiro atoms. The van der Waals surface area contributed by atoms with Crippen LogP contribution in [0.1, 0.15) is 79.5 Å². The van der Waals surface area contributed by atoms with Crippen molar-refractivity contribution in [3.05, 3.63) is 68.8 Å². The first-order chi connectivity index (χ1) is 17.6. The zero-order chi connectivity index (χ0) is 26.9. The Morgan fingerprint density at radius 2 is 1.78 bits per heavy atom. The lowest BCUT2D eigenvalue weighted by Crippen LogP contribution is -2.42. The first-order valence-electron chi connectivity index (χ1n) is 13.5. The number of nitrogens with zero attached hydrogens (tertiary/aromatic N) is 2. The topological polar surface area (TPSA) is 87.2 Å². The molecule has 2 amide bonds. The van der Waals surface area contributed by atoms with E-state index in [-0.39, 0.29) is 35.9 Å². The van der Waals surface area contributed by atoms with Gasteiger partial charge in [0.05, 0.1) is 5.56 Å². The van der Waals surface area contributed by atoms with Crippen LogP contribution in [0.5, 0.6) is 0 Å². The van der Waals surface area contributed by atoms with Crippen molar-refractivity contribution >= 4 is 22.7 Å². The highest BCUT2D eigenvalue weighted by Gasteiger charge is 2.31. The number of carbonyl (C=O) groups is 2. The maximum Gasteiger partial charge on any atom is 0.254 e. The van der Waals surface area contributed by atoms with Gasteiger partial charge in [0.25, 0.3) is 11.5 Å². The molecule has 1 saturated heterocycles. The van der Waals surface area contributed by atoms with Crippen LogP contribution in [-0.2, 0) is 17.8 Å². The minimum absolute atomic E-state index is 0.0228. The largest absolute Gasteiger partial charge is 0.348 e. The molecule has 1 aliphatic heterocycles. The molecule has 1 fully saturated rings. The van der Waals surface area contributed by atoms with E-state index in [1.165, 1.54) is 0 Å². The molecular weight excluding hydrogens is 464 g/mol. The highest BCUT2D eigenvalue weighted by Crippen LogP contribution is 2.36. The van der Waals surface area contributed by atoms with E-state index >= 15 is 0 Å². The van der Waals surface area contributed by atoms with Crippen molar-refractivity contribution in [2.45, 2.75) is 73.4 Å². The Kier molecular flexibility index (Phi) is 7.90. The number of hydrogen-bond acceptors (Lipinski definition) is 3. The number of benzene rings is 1. The molecule has 198 valence electrons. The molecule has 1 aliphatic rings. The average Bonchev–Trinajstić information content (AvgIpc) is 3.18. The molecule has 0 saturated carbocycles. The first-order valence-corrected chi connectivity index (χ1v) is 13.5. The molecule has 0 radical (unpaired) electrons. The van der Waals surface area contributed by atoms with Crippen molar-refractivity contribution in [1.82, 2.24) is 19.8 Å².